The smallest absolute Gasteiger partial charge is 0.221 e. The molecule has 0 aliphatic rings. The summed E-state index contributed by atoms with van der Waals surface area (Å²) in [6.45, 7) is 1.49. The van der Waals surface area contributed by atoms with E-state index < -0.39 is 0 Å². The van der Waals surface area contributed by atoms with Gasteiger partial charge >= 0.3 is 0 Å². The van der Waals surface area contributed by atoms with Crippen molar-refractivity contribution >= 4 is 23.2 Å². The second-order valence-corrected chi connectivity index (χ2v) is 2.05. The van der Waals surface area contributed by atoms with E-state index in [1.165, 1.54) is 13.3 Å². The Hall–Kier alpha value is -1.02. The fourth-order valence-corrected chi connectivity index (χ4v) is 0.725. The number of benzene rings is 1. The fourth-order valence-electron chi connectivity index (χ4n) is 0.725. The van der Waals surface area contributed by atoms with E-state index >= 15 is 0 Å². The van der Waals surface area contributed by atoms with Gasteiger partial charge in [0.15, 0.2) is 0 Å². The number of hydrogen-bond acceptors (Lipinski definition) is 1. The van der Waals surface area contributed by atoms with E-state index in [1.807, 2.05) is 30.3 Å². The summed E-state index contributed by atoms with van der Waals surface area (Å²) in [6, 6.07) is 9.37. The minimum absolute atomic E-state index is 0.0359. The van der Waals surface area contributed by atoms with Gasteiger partial charge < -0.3 is 5.32 Å². The lowest BCUT2D eigenvalue weighted by molar-refractivity contribution is -0.114. The summed E-state index contributed by atoms with van der Waals surface area (Å²) in [5.74, 6) is -0.0359. The molecule has 0 atom stereocenters. The fraction of sp³-hybridized carbons (Fsp3) is 0.222. The zero-order valence-corrected chi connectivity index (χ0v) is 7.93. The van der Waals surface area contributed by atoms with Crippen LogP contribution in [0.2, 0.25) is 0 Å². The summed E-state index contributed by atoms with van der Waals surface area (Å²) < 4.78 is 0. The van der Waals surface area contributed by atoms with Crippen LogP contribution in [0.25, 0.3) is 0 Å². The highest BCUT2D eigenvalue weighted by Crippen LogP contribution is 2.03. The highest BCUT2D eigenvalue weighted by atomic mass is 35.5. The van der Waals surface area contributed by atoms with Gasteiger partial charge in [0.2, 0.25) is 5.91 Å². The van der Waals surface area contributed by atoms with E-state index in [1.54, 1.807) is 0 Å². The van der Waals surface area contributed by atoms with Gasteiger partial charge in [-0.05, 0) is 12.1 Å². The summed E-state index contributed by atoms with van der Waals surface area (Å²) >= 11 is 4.64. The lowest BCUT2D eigenvalue weighted by Crippen LogP contribution is -2.04. The Morgan fingerprint density at radius 1 is 1.25 bits per heavy atom. The quantitative estimate of drug-likeness (QED) is 0.670. The van der Waals surface area contributed by atoms with Crippen LogP contribution in [-0.2, 0) is 4.79 Å². The molecule has 0 bridgehead atoms. The molecule has 0 saturated heterocycles. The van der Waals surface area contributed by atoms with Crippen LogP contribution < -0.4 is 5.32 Å². The number of nitrogens with one attached hydrogen (secondary N) is 1. The maximum Gasteiger partial charge on any atom is 0.221 e. The van der Waals surface area contributed by atoms with Gasteiger partial charge in [-0.1, -0.05) is 18.2 Å². The number of alkyl halides is 1. The molecule has 1 N–H and O–H groups in total. The van der Waals surface area contributed by atoms with E-state index in [2.05, 4.69) is 16.9 Å². The van der Waals surface area contributed by atoms with Crippen molar-refractivity contribution in [1.29, 1.82) is 0 Å². The minimum atomic E-state index is -0.0359. The van der Waals surface area contributed by atoms with E-state index in [-0.39, 0.29) is 5.91 Å². The monoisotopic (exact) mass is 185 g/mol. The molecule has 0 fully saturated rings. The predicted octanol–water partition coefficient (Wildman–Crippen LogP) is 2.50. The van der Waals surface area contributed by atoms with Crippen LogP contribution in [0.15, 0.2) is 30.3 Å². The standard InChI is InChI=1S/C8H9NO.CH3Cl/c1-7(10)9-8-5-3-2-4-6-8;1-2/h2-6H,1H3,(H,9,10);1H3. The first-order valence-electron chi connectivity index (χ1n) is 3.49. The molecule has 1 aromatic rings. The molecule has 12 heavy (non-hydrogen) atoms. The van der Waals surface area contributed by atoms with Crippen molar-refractivity contribution in [3.8, 4) is 0 Å². The number of carbonyl (C=O) groups excluding carboxylic acids is 1. The van der Waals surface area contributed by atoms with Crippen LogP contribution in [0.5, 0.6) is 0 Å². The average molecular weight is 186 g/mol. The van der Waals surface area contributed by atoms with Crippen LogP contribution in [0, 0.1) is 0 Å². The molecule has 1 amide bonds. The van der Waals surface area contributed by atoms with Gasteiger partial charge in [-0.3, -0.25) is 4.79 Å². The number of carbonyl (C=O) groups is 1. The Balaban J connectivity index is 0.000000561. The lowest BCUT2D eigenvalue weighted by Gasteiger charge is -1.98. The second-order valence-electron chi connectivity index (χ2n) is 2.05. The van der Waals surface area contributed by atoms with Crippen LogP contribution in [0.4, 0.5) is 5.69 Å². The van der Waals surface area contributed by atoms with Crippen LogP contribution in [-0.4, -0.2) is 12.3 Å². The molecular formula is C9H12ClNO. The van der Waals surface area contributed by atoms with Crippen LogP contribution in [0.3, 0.4) is 0 Å². The van der Waals surface area contributed by atoms with Crippen molar-refractivity contribution in [2.45, 2.75) is 6.92 Å². The molecule has 1 aromatic carbocycles. The summed E-state index contributed by atoms with van der Waals surface area (Å²) in [5, 5.41) is 2.67. The van der Waals surface area contributed by atoms with Crippen molar-refractivity contribution in [2.24, 2.45) is 0 Å². The molecule has 0 aromatic heterocycles. The SMILES string of the molecule is CC(=O)Nc1ccccc1.CCl. The van der Waals surface area contributed by atoms with Crippen molar-refractivity contribution in [1.82, 2.24) is 0 Å². The molecule has 2 nitrogen and oxygen atoms in total. The van der Waals surface area contributed by atoms with Gasteiger partial charge in [0.25, 0.3) is 0 Å². The zero-order chi connectivity index (χ0) is 9.40. The van der Waals surface area contributed by atoms with Gasteiger partial charge in [0.05, 0.1) is 0 Å². The van der Waals surface area contributed by atoms with Gasteiger partial charge in [0.1, 0.15) is 0 Å². The lowest BCUT2D eigenvalue weighted by atomic mass is 10.3. The Morgan fingerprint density at radius 2 is 1.75 bits per heavy atom. The Kier molecular flexibility index (Phi) is 6.11. The molecule has 0 saturated carbocycles. The van der Waals surface area contributed by atoms with E-state index in [0.717, 1.165) is 5.69 Å². The van der Waals surface area contributed by atoms with E-state index in [9.17, 15) is 4.79 Å². The number of rotatable bonds is 1. The largest absolute Gasteiger partial charge is 0.326 e. The van der Waals surface area contributed by atoms with E-state index in [4.69, 9.17) is 0 Å². The van der Waals surface area contributed by atoms with E-state index in [0.29, 0.717) is 0 Å². The second kappa shape index (κ2) is 6.68. The molecule has 0 heterocycles. The normalized spacial score (nSPS) is 7.92. The Morgan fingerprint density at radius 3 is 2.17 bits per heavy atom. The molecule has 3 heteroatoms. The Labute approximate surface area is 77.5 Å². The maximum atomic E-state index is 10.5. The van der Waals surface area contributed by atoms with Gasteiger partial charge in [-0.2, -0.15) is 0 Å². The first-order chi connectivity index (χ1) is 5.79. The minimum Gasteiger partial charge on any atom is -0.326 e. The maximum absolute atomic E-state index is 10.5. The first kappa shape index (κ1) is 11.0. The van der Waals surface area contributed by atoms with Crippen molar-refractivity contribution in [2.75, 3.05) is 11.7 Å². The first-order valence-corrected chi connectivity index (χ1v) is 4.25. The van der Waals surface area contributed by atoms with Crippen LogP contribution in [0.1, 0.15) is 6.92 Å². The van der Waals surface area contributed by atoms with Crippen molar-refractivity contribution in [3.63, 3.8) is 0 Å². The molecule has 0 spiro atoms. The summed E-state index contributed by atoms with van der Waals surface area (Å²) in [5.41, 5.74) is 0.843. The molecule has 1 rings (SSSR count). The summed E-state index contributed by atoms with van der Waals surface area (Å²) in [4.78, 5) is 10.5. The third-order valence-corrected chi connectivity index (χ3v) is 1.09. The average Bonchev–Trinajstić information content (AvgIpc) is 2.08. The van der Waals surface area contributed by atoms with Gasteiger partial charge in [0, 0.05) is 19.0 Å². The molecular weight excluding hydrogens is 174 g/mol. The molecule has 0 radical (unpaired) electrons. The number of halogens is 1. The molecule has 66 valence electrons. The van der Waals surface area contributed by atoms with Gasteiger partial charge in [-0.15, -0.1) is 11.6 Å². The Bertz CT molecular complexity index is 223. The predicted molar refractivity (Wildman–Crippen MR) is 52.5 cm³/mol. The molecule has 0 aliphatic heterocycles. The highest BCUT2D eigenvalue weighted by molar-refractivity contribution is 6.15. The zero-order valence-electron chi connectivity index (χ0n) is 7.17. The third kappa shape index (κ3) is 4.74. The summed E-state index contributed by atoms with van der Waals surface area (Å²) in [6.07, 6.45) is 1.47. The number of para-hydroxylation sites is 1. The number of amides is 1. The van der Waals surface area contributed by atoms with Crippen molar-refractivity contribution < 1.29 is 4.79 Å². The van der Waals surface area contributed by atoms with Crippen LogP contribution >= 0.6 is 11.6 Å². The van der Waals surface area contributed by atoms with Crippen molar-refractivity contribution in [3.05, 3.63) is 30.3 Å². The highest BCUT2D eigenvalue weighted by Gasteiger charge is 1.90. The van der Waals surface area contributed by atoms with Gasteiger partial charge in [-0.25, -0.2) is 0 Å². The molecule has 0 unspecified atom stereocenters. The third-order valence-electron chi connectivity index (χ3n) is 1.09. The summed E-state index contributed by atoms with van der Waals surface area (Å²) in [7, 11) is 0. The topological polar surface area (TPSA) is 29.1 Å². The number of anilines is 1. The number of hydrogen-bond donors (Lipinski definition) is 1. The molecule has 0 aliphatic carbocycles.